The van der Waals surface area contributed by atoms with E-state index >= 15 is 0 Å². The summed E-state index contributed by atoms with van der Waals surface area (Å²) in [6.07, 6.45) is 3.52. The number of rotatable bonds is 6. The van der Waals surface area contributed by atoms with Crippen molar-refractivity contribution < 1.29 is 4.79 Å². The molecule has 0 aromatic carbocycles. The maximum atomic E-state index is 12.2. The summed E-state index contributed by atoms with van der Waals surface area (Å²) >= 11 is 1.68. The van der Waals surface area contributed by atoms with Crippen molar-refractivity contribution in [3.63, 3.8) is 0 Å². The number of amides is 1. The minimum Gasteiger partial charge on any atom is -0.348 e. The monoisotopic (exact) mass is 309 g/mol. The molecule has 0 radical (unpaired) electrons. The molecule has 2 rings (SSSR count). The minimum absolute atomic E-state index is 0.0852. The number of nitrogens with one attached hydrogen (secondary N) is 1. The smallest absolute Gasteiger partial charge is 0.234 e. The van der Waals surface area contributed by atoms with Crippen LogP contribution in [0.2, 0.25) is 0 Å². The van der Waals surface area contributed by atoms with Crippen LogP contribution in [-0.4, -0.2) is 36.5 Å². The van der Waals surface area contributed by atoms with Gasteiger partial charge in [0.05, 0.1) is 12.6 Å². The summed E-state index contributed by atoms with van der Waals surface area (Å²) in [6, 6.07) is 4.52. The first kappa shape index (κ1) is 16.5. The molecule has 3 atom stereocenters. The van der Waals surface area contributed by atoms with E-state index in [0.29, 0.717) is 19.1 Å². The zero-order chi connectivity index (χ0) is 15.2. The predicted octanol–water partition coefficient (Wildman–Crippen LogP) is 2.37. The van der Waals surface area contributed by atoms with Crippen molar-refractivity contribution in [3.8, 4) is 0 Å². The molecule has 118 valence electrons. The molecule has 1 saturated heterocycles. The molecule has 1 aromatic heterocycles. The first-order valence-corrected chi connectivity index (χ1v) is 8.78. The summed E-state index contributed by atoms with van der Waals surface area (Å²) in [4.78, 5) is 15.7. The van der Waals surface area contributed by atoms with Crippen molar-refractivity contribution in [1.82, 2.24) is 10.2 Å². The average Bonchev–Trinajstić information content (AvgIpc) is 3.01. The molecule has 1 aromatic rings. The third-order valence-electron chi connectivity index (χ3n) is 4.49. The summed E-state index contributed by atoms with van der Waals surface area (Å²) in [5.41, 5.74) is 5.89. The van der Waals surface area contributed by atoms with Gasteiger partial charge in [-0.05, 0) is 43.7 Å². The van der Waals surface area contributed by atoms with E-state index in [1.54, 1.807) is 11.3 Å². The molecule has 2 heterocycles. The molecule has 0 saturated carbocycles. The van der Waals surface area contributed by atoms with Gasteiger partial charge in [0, 0.05) is 17.5 Å². The van der Waals surface area contributed by atoms with Crippen LogP contribution >= 0.6 is 11.3 Å². The summed E-state index contributed by atoms with van der Waals surface area (Å²) in [7, 11) is 0. The van der Waals surface area contributed by atoms with Crippen LogP contribution in [0.15, 0.2) is 17.5 Å². The van der Waals surface area contributed by atoms with Gasteiger partial charge in [-0.2, -0.15) is 0 Å². The number of carbonyl (C=O) groups excluding carboxylic acids is 1. The van der Waals surface area contributed by atoms with E-state index in [0.717, 1.165) is 18.9 Å². The standard InChI is InChI=1S/C16H27N3OS/c1-3-13-6-7-19(14(9-13)10-17)11-16(20)18-12(2)15-5-4-8-21-15/h4-5,8,12-14H,3,6-7,9-11,17H2,1-2H3,(H,18,20). The van der Waals surface area contributed by atoms with E-state index in [1.165, 1.54) is 17.7 Å². The number of hydrogen-bond donors (Lipinski definition) is 2. The van der Waals surface area contributed by atoms with Gasteiger partial charge < -0.3 is 11.1 Å². The topological polar surface area (TPSA) is 58.4 Å². The van der Waals surface area contributed by atoms with Gasteiger partial charge in [-0.1, -0.05) is 19.4 Å². The molecule has 1 fully saturated rings. The van der Waals surface area contributed by atoms with E-state index in [1.807, 2.05) is 18.4 Å². The van der Waals surface area contributed by atoms with Gasteiger partial charge in [-0.3, -0.25) is 9.69 Å². The van der Waals surface area contributed by atoms with E-state index in [4.69, 9.17) is 5.73 Å². The molecule has 21 heavy (non-hydrogen) atoms. The normalized spacial score (nSPS) is 24.7. The molecular weight excluding hydrogens is 282 g/mol. The Morgan fingerprint density at radius 3 is 3.05 bits per heavy atom. The SMILES string of the molecule is CCC1CCN(CC(=O)NC(C)c2cccs2)C(CN)C1. The highest BCUT2D eigenvalue weighted by Crippen LogP contribution is 2.24. The fourth-order valence-electron chi connectivity index (χ4n) is 3.09. The quantitative estimate of drug-likeness (QED) is 0.848. The molecule has 0 bridgehead atoms. The lowest BCUT2D eigenvalue weighted by Crippen LogP contribution is -2.50. The maximum absolute atomic E-state index is 12.2. The molecule has 1 amide bonds. The molecule has 1 aliphatic rings. The van der Waals surface area contributed by atoms with Crippen LogP contribution in [0.5, 0.6) is 0 Å². The second-order valence-corrected chi connectivity index (χ2v) is 6.94. The first-order valence-electron chi connectivity index (χ1n) is 7.90. The van der Waals surface area contributed by atoms with Crippen LogP contribution in [-0.2, 0) is 4.79 Å². The number of nitrogens with zero attached hydrogens (tertiary/aromatic N) is 1. The number of hydrogen-bond acceptors (Lipinski definition) is 4. The highest BCUT2D eigenvalue weighted by molar-refractivity contribution is 7.10. The van der Waals surface area contributed by atoms with Crippen molar-refractivity contribution in [2.75, 3.05) is 19.6 Å². The molecular formula is C16H27N3OS. The number of thiophene rings is 1. The van der Waals surface area contributed by atoms with E-state index in [9.17, 15) is 4.79 Å². The Morgan fingerprint density at radius 2 is 2.43 bits per heavy atom. The molecule has 3 unspecified atom stereocenters. The lowest BCUT2D eigenvalue weighted by atomic mass is 9.89. The molecule has 5 heteroatoms. The molecule has 4 nitrogen and oxygen atoms in total. The van der Waals surface area contributed by atoms with Crippen molar-refractivity contribution in [1.29, 1.82) is 0 Å². The molecule has 3 N–H and O–H groups in total. The summed E-state index contributed by atoms with van der Waals surface area (Å²) in [5, 5.41) is 5.13. The van der Waals surface area contributed by atoms with E-state index < -0.39 is 0 Å². The number of likely N-dealkylation sites (tertiary alicyclic amines) is 1. The van der Waals surface area contributed by atoms with E-state index in [2.05, 4.69) is 23.2 Å². The number of nitrogens with two attached hydrogens (primary N) is 1. The first-order chi connectivity index (χ1) is 10.1. The minimum atomic E-state index is 0.0852. The molecule has 0 aliphatic carbocycles. The number of carbonyl (C=O) groups is 1. The Bertz CT molecular complexity index is 435. The van der Waals surface area contributed by atoms with Gasteiger partial charge in [0.2, 0.25) is 5.91 Å². The predicted molar refractivity (Wildman–Crippen MR) is 88.3 cm³/mol. The molecule has 1 aliphatic heterocycles. The van der Waals surface area contributed by atoms with Crippen LogP contribution < -0.4 is 11.1 Å². The molecule has 0 spiro atoms. The van der Waals surface area contributed by atoms with Gasteiger partial charge in [-0.25, -0.2) is 0 Å². The van der Waals surface area contributed by atoms with Gasteiger partial charge in [0.25, 0.3) is 0 Å². The second-order valence-electron chi connectivity index (χ2n) is 5.96. The lowest BCUT2D eigenvalue weighted by molar-refractivity contribution is -0.124. The largest absolute Gasteiger partial charge is 0.348 e. The van der Waals surface area contributed by atoms with Gasteiger partial charge in [0.1, 0.15) is 0 Å². The third-order valence-corrected chi connectivity index (χ3v) is 5.54. The van der Waals surface area contributed by atoms with E-state index in [-0.39, 0.29) is 11.9 Å². The van der Waals surface area contributed by atoms with Gasteiger partial charge in [-0.15, -0.1) is 11.3 Å². The Balaban J connectivity index is 1.84. The van der Waals surface area contributed by atoms with Crippen LogP contribution in [0, 0.1) is 5.92 Å². The summed E-state index contributed by atoms with van der Waals surface area (Å²) < 4.78 is 0. The Morgan fingerprint density at radius 1 is 1.62 bits per heavy atom. The second kappa shape index (κ2) is 7.92. The van der Waals surface area contributed by atoms with Gasteiger partial charge >= 0.3 is 0 Å². The van der Waals surface area contributed by atoms with Crippen molar-refractivity contribution >= 4 is 17.2 Å². The number of piperidine rings is 1. The fourth-order valence-corrected chi connectivity index (χ4v) is 3.82. The van der Waals surface area contributed by atoms with Crippen LogP contribution in [0.25, 0.3) is 0 Å². The zero-order valence-corrected chi connectivity index (χ0v) is 13.9. The highest BCUT2D eigenvalue weighted by atomic mass is 32.1. The lowest BCUT2D eigenvalue weighted by Gasteiger charge is -2.38. The van der Waals surface area contributed by atoms with Crippen molar-refractivity contribution in [2.45, 2.75) is 45.2 Å². The zero-order valence-electron chi connectivity index (χ0n) is 13.0. The maximum Gasteiger partial charge on any atom is 0.234 e. The third kappa shape index (κ3) is 4.53. The Kier molecular flexibility index (Phi) is 6.21. The van der Waals surface area contributed by atoms with Gasteiger partial charge in [0.15, 0.2) is 0 Å². The average molecular weight is 309 g/mol. The summed E-state index contributed by atoms with van der Waals surface area (Å²) in [5.74, 6) is 0.868. The van der Waals surface area contributed by atoms with Crippen LogP contribution in [0.4, 0.5) is 0 Å². The van der Waals surface area contributed by atoms with Crippen molar-refractivity contribution in [3.05, 3.63) is 22.4 Å². The fraction of sp³-hybridized carbons (Fsp3) is 0.688. The van der Waals surface area contributed by atoms with Crippen molar-refractivity contribution in [2.24, 2.45) is 11.7 Å². The summed E-state index contributed by atoms with van der Waals surface area (Å²) in [6.45, 7) is 6.37. The Labute approximate surface area is 131 Å². The Hall–Kier alpha value is -0.910. The van der Waals surface area contributed by atoms with Crippen LogP contribution in [0.1, 0.15) is 44.0 Å². The van der Waals surface area contributed by atoms with Crippen LogP contribution in [0.3, 0.4) is 0 Å². The highest BCUT2D eigenvalue weighted by Gasteiger charge is 2.28.